The normalized spacial score (nSPS) is 10.5. The molecule has 0 aliphatic carbocycles. The summed E-state index contributed by atoms with van der Waals surface area (Å²) in [6.45, 7) is 0. The maximum Gasteiger partial charge on any atom is 0.267 e. The predicted molar refractivity (Wildman–Crippen MR) is 91.6 cm³/mol. The summed E-state index contributed by atoms with van der Waals surface area (Å²) in [6, 6.07) is 11.8. The van der Waals surface area contributed by atoms with E-state index in [1.165, 1.54) is 11.3 Å². The summed E-state index contributed by atoms with van der Waals surface area (Å²) in [4.78, 5) is 19.4. The van der Waals surface area contributed by atoms with Gasteiger partial charge in [-0.15, -0.1) is 34.4 Å². The number of hydrogen-bond donors (Lipinski definition) is 1. The van der Waals surface area contributed by atoms with Crippen LogP contribution in [-0.2, 0) is 0 Å². The van der Waals surface area contributed by atoms with Gasteiger partial charge in [-0.2, -0.15) is 0 Å². The highest BCUT2D eigenvalue weighted by molar-refractivity contribution is 7.98. The zero-order chi connectivity index (χ0) is 14.7. The van der Waals surface area contributed by atoms with Crippen LogP contribution < -0.4 is 5.32 Å². The number of thiazole rings is 1. The van der Waals surface area contributed by atoms with E-state index in [0.29, 0.717) is 4.88 Å². The molecular weight excluding hydrogens is 320 g/mol. The van der Waals surface area contributed by atoms with E-state index in [-0.39, 0.29) is 5.91 Å². The van der Waals surface area contributed by atoms with Crippen molar-refractivity contribution >= 4 is 46.0 Å². The number of nitrogens with zero attached hydrogens (tertiary/aromatic N) is 1. The molecule has 0 fully saturated rings. The highest BCUT2D eigenvalue weighted by atomic mass is 32.2. The van der Waals surface area contributed by atoms with Gasteiger partial charge < -0.3 is 5.32 Å². The van der Waals surface area contributed by atoms with Crippen molar-refractivity contribution in [3.63, 3.8) is 0 Å². The lowest BCUT2D eigenvalue weighted by molar-refractivity contribution is 0.103. The summed E-state index contributed by atoms with van der Waals surface area (Å²) in [5.74, 6) is -0.114. The number of thioether (sulfide) groups is 1. The Kier molecular flexibility index (Phi) is 4.38. The number of thiophene rings is 1. The SMILES string of the molecule is CSc1ccccc1NC(=O)c1cnc(-c2cccs2)s1. The third kappa shape index (κ3) is 3.18. The van der Waals surface area contributed by atoms with E-state index in [4.69, 9.17) is 0 Å². The number of anilines is 1. The Balaban J connectivity index is 1.80. The fourth-order valence-electron chi connectivity index (χ4n) is 1.83. The van der Waals surface area contributed by atoms with Crippen LogP contribution in [0.25, 0.3) is 9.88 Å². The lowest BCUT2D eigenvalue weighted by Crippen LogP contribution is -2.10. The second-order valence-electron chi connectivity index (χ2n) is 4.16. The largest absolute Gasteiger partial charge is 0.320 e. The Morgan fingerprint density at radius 3 is 2.86 bits per heavy atom. The minimum atomic E-state index is -0.114. The Bertz CT molecular complexity index is 750. The molecule has 3 rings (SSSR count). The molecule has 2 aromatic heterocycles. The molecule has 0 unspecified atom stereocenters. The minimum absolute atomic E-state index is 0.114. The van der Waals surface area contributed by atoms with E-state index in [1.807, 2.05) is 48.0 Å². The third-order valence-corrected chi connectivity index (χ3v) is 5.65. The van der Waals surface area contributed by atoms with E-state index in [0.717, 1.165) is 20.5 Å². The zero-order valence-electron chi connectivity index (χ0n) is 11.2. The van der Waals surface area contributed by atoms with Crippen LogP contribution in [0.15, 0.2) is 52.9 Å². The average Bonchev–Trinajstić information content (AvgIpc) is 3.18. The van der Waals surface area contributed by atoms with Gasteiger partial charge >= 0.3 is 0 Å². The van der Waals surface area contributed by atoms with Gasteiger partial charge in [-0.1, -0.05) is 18.2 Å². The van der Waals surface area contributed by atoms with Crippen LogP contribution in [0.4, 0.5) is 5.69 Å². The van der Waals surface area contributed by atoms with E-state index in [2.05, 4.69) is 10.3 Å². The molecule has 0 atom stereocenters. The summed E-state index contributed by atoms with van der Waals surface area (Å²) in [6.07, 6.45) is 3.63. The summed E-state index contributed by atoms with van der Waals surface area (Å²) >= 11 is 4.65. The molecule has 3 aromatic rings. The number of carbonyl (C=O) groups is 1. The molecule has 0 aliphatic heterocycles. The van der Waals surface area contributed by atoms with Gasteiger partial charge in [0.1, 0.15) is 9.88 Å². The van der Waals surface area contributed by atoms with Gasteiger partial charge in [0.25, 0.3) is 5.91 Å². The number of aromatic nitrogens is 1. The maximum absolute atomic E-state index is 12.3. The van der Waals surface area contributed by atoms with Gasteiger partial charge in [-0.25, -0.2) is 4.98 Å². The number of carbonyl (C=O) groups excluding carboxylic acids is 1. The van der Waals surface area contributed by atoms with Crippen molar-refractivity contribution in [3.05, 3.63) is 52.9 Å². The van der Waals surface area contributed by atoms with Crippen molar-refractivity contribution in [2.24, 2.45) is 0 Å². The molecule has 0 spiro atoms. The highest BCUT2D eigenvalue weighted by Gasteiger charge is 2.13. The maximum atomic E-state index is 12.3. The molecule has 0 bridgehead atoms. The van der Waals surface area contributed by atoms with Gasteiger partial charge in [0.2, 0.25) is 0 Å². The van der Waals surface area contributed by atoms with Crippen LogP contribution in [0.3, 0.4) is 0 Å². The Labute approximate surface area is 135 Å². The van der Waals surface area contributed by atoms with Crippen molar-refractivity contribution in [3.8, 4) is 9.88 Å². The molecule has 6 heteroatoms. The first-order valence-electron chi connectivity index (χ1n) is 6.22. The van der Waals surface area contributed by atoms with Crippen LogP contribution in [0.1, 0.15) is 9.67 Å². The fourth-order valence-corrected chi connectivity index (χ4v) is 3.99. The van der Waals surface area contributed by atoms with Crippen molar-refractivity contribution in [1.29, 1.82) is 0 Å². The van der Waals surface area contributed by atoms with Crippen LogP contribution in [0.2, 0.25) is 0 Å². The van der Waals surface area contributed by atoms with Gasteiger partial charge in [-0.05, 0) is 29.8 Å². The second-order valence-corrected chi connectivity index (χ2v) is 6.99. The number of benzene rings is 1. The zero-order valence-corrected chi connectivity index (χ0v) is 13.6. The van der Waals surface area contributed by atoms with Gasteiger partial charge in [-0.3, -0.25) is 4.79 Å². The molecule has 21 heavy (non-hydrogen) atoms. The number of rotatable bonds is 4. The summed E-state index contributed by atoms with van der Waals surface area (Å²) < 4.78 is 0. The number of para-hydroxylation sites is 1. The van der Waals surface area contributed by atoms with Crippen molar-refractivity contribution in [1.82, 2.24) is 4.98 Å². The topological polar surface area (TPSA) is 42.0 Å². The second kappa shape index (κ2) is 6.43. The minimum Gasteiger partial charge on any atom is -0.320 e. The van der Waals surface area contributed by atoms with Crippen LogP contribution >= 0.6 is 34.4 Å². The average molecular weight is 332 g/mol. The lowest BCUT2D eigenvalue weighted by Gasteiger charge is -2.07. The molecule has 0 saturated carbocycles. The Hall–Kier alpha value is -1.63. The Morgan fingerprint density at radius 1 is 1.24 bits per heavy atom. The molecule has 0 saturated heterocycles. The van der Waals surface area contributed by atoms with Crippen molar-refractivity contribution in [2.45, 2.75) is 4.90 Å². The summed E-state index contributed by atoms with van der Waals surface area (Å²) in [5, 5.41) is 5.84. The monoisotopic (exact) mass is 332 g/mol. The molecule has 1 amide bonds. The molecular formula is C15H12N2OS3. The van der Waals surface area contributed by atoms with Crippen LogP contribution in [0, 0.1) is 0 Å². The van der Waals surface area contributed by atoms with Gasteiger partial charge in [0.05, 0.1) is 16.8 Å². The van der Waals surface area contributed by atoms with Gasteiger partial charge in [0, 0.05) is 4.90 Å². The third-order valence-electron chi connectivity index (χ3n) is 2.82. The number of hydrogen-bond acceptors (Lipinski definition) is 5. The quantitative estimate of drug-likeness (QED) is 0.695. The predicted octanol–water partition coefficient (Wildman–Crippen LogP) is 4.85. The molecule has 0 aliphatic rings. The standard InChI is InChI=1S/C15H12N2OS3/c1-19-11-6-3-2-5-10(11)17-14(18)13-9-16-15(21-13)12-7-4-8-20-12/h2-9H,1H3,(H,17,18). The Morgan fingerprint density at radius 2 is 2.10 bits per heavy atom. The highest BCUT2D eigenvalue weighted by Crippen LogP contribution is 2.30. The first-order valence-corrected chi connectivity index (χ1v) is 9.14. The molecule has 1 aromatic carbocycles. The van der Waals surface area contributed by atoms with E-state index in [9.17, 15) is 4.79 Å². The lowest BCUT2D eigenvalue weighted by atomic mass is 10.3. The van der Waals surface area contributed by atoms with Crippen molar-refractivity contribution < 1.29 is 4.79 Å². The van der Waals surface area contributed by atoms with Crippen molar-refractivity contribution in [2.75, 3.05) is 11.6 Å². The first kappa shape index (κ1) is 14.3. The molecule has 1 N–H and O–H groups in total. The summed E-state index contributed by atoms with van der Waals surface area (Å²) in [5.41, 5.74) is 0.834. The van der Waals surface area contributed by atoms with Crippen LogP contribution in [-0.4, -0.2) is 17.1 Å². The fraction of sp³-hybridized carbons (Fsp3) is 0.0667. The molecule has 0 radical (unpaired) electrons. The number of nitrogens with one attached hydrogen (secondary N) is 1. The molecule has 106 valence electrons. The molecule has 2 heterocycles. The summed E-state index contributed by atoms with van der Waals surface area (Å²) in [7, 11) is 0. The van der Waals surface area contributed by atoms with Gasteiger partial charge in [0.15, 0.2) is 0 Å². The van der Waals surface area contributed by atoms with Crippen LogP contribution in [0.5, 0.6) is 0 Å². The van der Waals surface area contributed by atoms with E-state index in [1.54, 1.807) is 29.3 Å². The number of amides is 1. The van der Waals surface area contributed by atoms with E-state index < -0.39 is 0 Å². The smallest absolute Gasteiger partial charge is 0.267 e. The molecule has 3 nitrogen and oxygen atoms in total. The van der Waals surface area contributed by atoms with E-state index >= 15 is 0 Å². The first-order chi connectivity index (χ1) is 10.3.